The Balaban J connectivity index is 2.45. The quantitative estimate of drug-likeness (QED) is 0.788. The van der Waals surface area contributed by atoms with Crippen molar-refractivity contribution in [2.24, 2.45) is 0 Å². The molecule has 0 aliphatic heterocycles. The summed E-state index contributed by atoms with van der Waals surface area (Å²) >= 11 is 0. The zero-order valence-electron chi connectivity index (χ0n) is 9.56. The number of hydrogen-bond acceptors (Lipinski definition) is 3. The van der Waals surface area contributed by atoms with Crippen LogP contribution in [0.3, 0.4) is 0 Å². The molecule has 0 spiro atoms. The average Bonchev–Trinajstić information content (AvgIpc) is 2.35. The maximum absolute atomic E-state index is 5.64. The maximum atomic E-state index is 5.64. The van der Waals surface area contributed by atoms with E-state index in [1.54, 1.807) is 13.3 Å². The molecular formula is C13H15NO2. The predicted molar refractivity (Wildman–Crippen MR) is 64.1 cm³/mol. The van der Waals surface area contributed by atoms with Crippen molar-refractivity contribution in [2.45, 2.75) is 13.3 Å². The first-order chi connectivity index (χ1) is 7.85. The number of fused-ring (bicyclic) bond motifs is 1. The van der Waals surface area contributed by atoms with Gasteiger partial charge in [0.15, 0.2) is 11.5 Å². The molecule has 1 aromatic heterocycles. The van der Waals surface area contributed by atoms with Gasteiger partial charge in [-0.1, -0.05) is 6.92 Å². The smallest absolute Gasteiger partial charge is 0.161 e. The van der Waals surface area contributed by atoms with Crippen LogP contribution < -0.4 is 9.47 Å². The van der Waals surface area contributed by atoms with Gasteiger partial charge in [0.25, 0.3) is 0 Å². The minimum absolute atomic E-state index is 0.701. The molecular weight excluding hydrogens is 202 g/mol. The Bertz CT molecular complexity index is 482. The second-order valence-electron chi connectivity index (χ2n) is 3.57. The number of methoxy groups -OCH3 is 1. The van der Waals surface area contributed by atoms with Crippen molar-refractivity contribution in [3.8, 4) is 11.5 Å². The summed E-state index contributed by atoms with van der Waals surface area (Å²) < 4.78 is 10.9. The molecule has 0 atom stereocenters. The highest BCUT2D eigenvalue weighted by molar-refractivity contribution is 5.85. The summed E-state index contributed by atoms with van der Waals surface area (Å²) in [6.45, 7) is 2.78. The molecule has 2 rings (SSSR count). The molecule has 1 aromatic carbocycles. The molecule has 16 heavy (non-hydrogen) atoms. The molecule has 2 aromatic rings. The highest BCUT2D eigenvalue weighted by atomic mass is 16.5. The van der Waals surface area contributed by atoms with Crippen LogP contribution in [-0.2, 0) is 0 Å². The molecule has 0 saturated carbocycles. The molecule has 0 aliphatic rings. The molecule has 84 valence electrons. The number of rotatable bonds is 4. The van der Waals surface area contributed by atoms with E-state index in [1.165, 1.54) is 0 Å². The first-order valence-electron chi connectivity index (χ1n) is 5.39. The number of benzene rings is 1. The van der Waals surface area contributed by atoms with Crippen LogP contribution in [0.1, 0.15) is 13.3 Å². The average molecular weight is 217 g/mol. The van der Waals surface area contributed by atoms with Crippen molar-refractivity contribution >= 4 is 10.8 Å². The van der Waals surface area contributed by atoms with Gasteiger partial charge in [0, 0.05) is 17.8 Å². The van der Waals surface area contributed by atoms with Gasteiger partial charge in [-0.2, -0.15) is 0 Å². The van der Waals surface area contributed by atoms with E-state index in [9.17, 15) is 0 Å². The number of pyridine rings is 1. The molecule has 0 N–H and O–H groups in total. The number of aromatic nitrogens is 1. The minimum Gasteiger partial charge on any atom is -0.493 e. The molecule has 3 nitrogen and oxygen atoms in total. The largest absolute Gasteiger partial charge is 0.493 e. The van der Waals surface area contributed by atoms with Crippen LogP contribution in [0, 0.1) is 0 Å². The molecule has 0 saturated heterocycles. The zero-order valence-corrected chi connectivity index (χ0v) is 9.56. The summed E-state index contributed by atoms with van der Waals surface area (Å²) in [5.41, 5.74) is 0. The van der Waals surface area contributed by atoms with E-state index in [0.29, 0.717) is 6.61 Å². The summed E-state index contributed by atoms with van der Waals surface area (Å²) in [7, 11) is 1.65. The van der Waals surface area contributed by atoms with Gasteiger partial charge in [-0.15, -0.1) is 0 Å². The predicted octanol–water partition coefficient (Wildman–Crippen LogP) is 3.03. The van der Waals surface area contributed by atoms with Gasteiger partial charge < -0.3 is 9.47 Å². The molecule has 3 heteroatoms. The Morgan fingerprint density at radius 3 is 2.75 bits per heavy atom. The second-order valence-corrected chi connectivity index (χ2v) is 3.57. The van der Waals surface area contributed by atoms with E-state index in [-0.39, 0.29) is 0 Å². The zero-order chi connectivity index (χ0) is 11.4. The molecule has 0 amide bonds. The molecule has 1 heterocycles. The van der Waals surface area contributed by atoms with Crippen molar-refractivity contribution < 1.29 is 9.47 Å². The highest BCUT2D eigenvalue weighted by Crippen LogP contribution is 2.31. The lowest BCUT2D eigenvalue weighted by molar-refractivity contribution is 0.295. The van der Waals surface area contributed by atoms with E-state index in [2.05, 4.69) is 11.9 Å². The highest BCUT2D eigenvalue weighted by Gasteiger charge is 2.06. The Labute approximate surface area is 95.0 Å². The first kappa shape index (κ1) is 10.7. The van der Waals surface area contributed by atoms with Gasteiger partial charge in [-0.3, -0.25) is 4.98 Å². The van der Waals surface area contributed by atoms with Crippen LogP contribution >= 0.6 is 0 Å². The van der Waals surface area contributed by atoms with E-state index >= 15 is 0 Å². The van der Waals surface area contributed by atoms with E-state index in [4.69, 9.17) is 9.47 Å². The summed E-state index contributed by atoms with van der Waals surface area (Å²) in [6.07, 6.45) is 4.58. The fourth-order valence-corrected chi connectivity index (χ4v) is 1.58. The SMILES string of the molecule is CCCOc1cc2ccncc2cc1OC. The van der Waals surface area contributed by atoms with Crippen LogP contribution in [0.2, 0.25) is 0 Å². The molecule has 0 bridgehead atoms. The van der Waals surface area contributed by atoms with Gasteiger partial charge in [0.05, 0.1) is 13.7 Å². The van der Waals surface area contributed by atoms with Crippen LogP contribution in [-0.4, -0.2) is 18.7 Å². The fourth-order valence-electron chi connectivity index (χ4n) is 1.58. The monoisotopic (exact) mass is 217 g/mol. The number of nitrogens with zero attached hydrogens (tertiary/aromatic N) is 1. The van der Waals surface area contributed by atoms with Gasteiger partial charge in [-0.05, 0) is 30.0 Å². The third-order valence-corrected chi connectivity index (χ3v) is 2.38. The molecule has 0 fully saturated rings. The van der Waals surface area contributed by atoms with Gasteiger partial charge in [0.1, 0.15) is 0 Å². The van der Waals surface area contributed by atoms with E-state index in [0.717, 1.165) is 28.7 Å². The lowest BCUT2D eigenvalue weighted by atomic mass is 10.1. The summed E-state index contributed by atoms with van der Waals surface area (Å²) in [5, 5.41) is 2.17. The van der Waals surface area contributed by atoms with Gasteiger partial charge >= 0.3 is 0 Å². The number of ether oxygens (including phenoxy) is 2. The van der Waals surface area contributed by atoms with Crippen molar-refractivity contribution in [3.63, 3.8) is 0 Å². The lowest BCUT2D eigenvalue weighted by Gasteiger charge is -2.11. The first-order valence-corrected chi connectivity index (χ1v) is 5.39. The fraction of sp³-hybridized carbons (Fsp3) is 0.308. The topological polar surface area (TPSA) is 31.4 Å². The van der Waals surface area contributed by atoms with Crippen molar-refractivity contribution in [1.82, 2.24) is 4.98 Å². The molecule has 0 radical (unpaired) electrons. The normalized spacial score (nSPS) is 10.4. The summed E-state index contributed by atoms with van der Waals surface area (Å²) in [6, 6.07) is 5.91. The standard InChI is InChI=1S/C13H15NO2/c1-3-6-16-13-7-10-4-5-14-9-11(10)8-12(13)15-2/h4-5,7-9H,3,6H2,1-2H3. The maximum Gasteiger partial charge on any atom is 0.161 e. The van der Waals surface area contributed by atoms with E-state index < -0.39 is 0 Å². The minimum atomic E-state index is 0.701. The number of hydrogen-bond donors (Lipinski definition) is 0. The Hall–Kier alpha value is -1.77. The Morgan fingerprint density at radius 1 is 1.19 bits per heavy atom. The second kappa shape index (κ2) is 4.84. The van der Waals surface area contributed by atoms with Crippen molar-refractivity contribution in [2.75, 3.05) is 13.7 Å². The third-order valence-electron chi connectivity index (χ3n) is 2.38. The van der Waals surface area contributed by atoms with E-state index in [1.807, 2.05) is 24.4 Å². The van der Waals surface area contributed by atoms with Gasteiger partial charge in [-0.25, -0.2) is 0 Å². The van der Waals surface area contributed by atoms with Crippen LogP contribution in [0.25, 0.3) is 10.8 Å². The molecule has 0 unspecified atom stereocenters. The van der Waals surface area contributed by atoms with Crippen molar-refractivity contribution in [1.29, 1.82) is 0 Å². The van der Waals surface area contributed by atoms with Gasteiger partial charge in [0.2, 0.25) is 0 Å². The van der Waals surface area contributed by atoms with Crippen LogP contribution in [0.5, 0.6) is 11.5 Å². The Morgan fingerprint density at radius 2 is 2.00 bits per heavy atom. The van der Waals surface area contributed by atoms with Crippen molar-refractivity contribution in [3.05, 3.63) is 30.6 Å². The summed E-state index contributed by atoms with van der Waals surface area (Å²) in [4.78, 5) is 4.08. The van der Waals surface area contributed by atoms with Crippen LogP contribution in [0.4, 0.5) is 0 Å². The van der Waals surface area contributed by atoms with Crippen LogP contribution in [0.15, 0.2) is 30.6 Å². The Kier molecular flexibility index (Phi) is 3.25. The summed E-state index contributed by atoms with van der Waals surface area (Å²) in [5.74, 6) is 1.55. The third kappa shape index (κ3) is 2.08. The lowest BCUT2D eigenvalue weighted by Crippen LogP contribution is -1.97. The molecule has 0 aliphatic carbocycles.